The van der Waals surface area contributed by atoms with Crippen LogP contribution in [-0.4, -0.2) is 5.11 Å². The molecular weight excluding hydrogens is 196 g/mol. The lowest BCUT2D eigenvalue weighted by molar-refractivity contribution is 0.105. The van der Waals surface area contributed by atoms with Crippen molar-refractivity contribution in [1.29, 1.82) is 0 Å². The summed E-state index contributed by atoms with van der Waals surface area (Å²) in [6.07, 6.45) is 2.23. The molecule has 0 aliphatic rings. The van der Waals surface area contributed by atoms with Crippen molar-refractivity contribution in [2.45, 2.75) is 47.5 Å². The van der Waals surface area contributed by atoms with Gasteiger partial charge in [0.15, 0.2) is 0 Å². The lowest BCUT2D eigenvalue weighted by Crippen LogP contribution is -2.33. The Morgan fingerprint density at radius 1 is 0.938 bits per heavy atom. The molecule has 0 saturated heterocycles. The SMILES string of the molecule is CCC(C)(C)C(C)(C)Cc1ccc(O)cc1. The van der Waals surface area contributed by atoms with E-state index in [2.05, 4.69) is 34.6 Å². The number of hydrogen-bond donors (Lipinski definition) is 1. The predicted octanol–water partition coefficient (Wildman–Crippen LogP) is 4.40. The third kappa shape index (κ3) is 2.78. The third-order valence-electron chi connectivity index (χ3n) is 4.30. The molecule has 1 rings (SSSR count). The van der Waals surface area contributed by atoms with Crippen LogP contribution in [0.15, 0.2) is 24.3 Å². The van der Waals surface area contributed by atoms with Gasteiger partial charge >= 0.3 is 0 Å². The number of benzene rings is 1. The maximum atomic E-state index is 9.26. The van der Waals surface area contributed by atoms with Crippen LogP contribution in [0.25, 0.3) is 0 Å². The molecule has 0 spiro atoms. The van der Waals surface area contributed by atoms with Crippen molar-refractivity contribution >= 4 is 0 Å². The Hall–Kier alpha value is -0.980. The predicted molar refractivity (Wildman–Crippen MR) is 69.7 cm³/mol. The molecule has 16 heavy (non-hydrogen) atoms. The van der Waals surface area contributed by atoms with Gasteiger partial charge in [0.2, 0.25) is 0 Å². The molecule has 1 N–H and O–H groups in total. The van der Waals surface area contributed by atoms with E-state index in [9.17, 15) is 5.11 Å². The maximum Gasteiger partial charge on any atom is 0.115 e. The Bertz CT molecular complexity index is 333. The molecule has 90 valence electrons. The summed E-state index contributed by atoms with van der Waals surface area (Å²) in [5.41, 5.74) is 1.88. The van der Waals surface area contributed by atoms with Gasteiger partial charge in [-0.3, -0.25) is 0 Å². The molecule has 0 aromatic heterocycles. The first-order valence-electron chi connectivity index (χ1n) is 6.06. The van der Waals surface area contributed by atoms with Gasteiger partial charge in [0, 0.05) is 0 Å². The minimum absolute atomic E-state index is 0.263. The summed E-state index contributed by atoms with van der Waals surface area (Å²) < 4.78 is 0. The molecule has 0 unspecified atom stereocenters. The largest absolute Gasteiger partial charge is 0.508 e. The topological polar surface area (TPSA) is 20.2 Å². The summed E-state index contributed by atoms with van der Waals surface area (Å²) in [7, 11) is 0. The van der Waals surface area contributed by atoms with E-state index in [4.69, 9.17) is 0 Å². The molecule has 0 aliphatic carbocycles. The minimum Gasteiger partial charge on any atom is -0.508 e. The van der Waals surface area contributed by atoms with E-state index < -0.39 is 0 Å². The van der Waals surface area contributed by atoms with Crippen LogP contribution in [0.5, 0.6) is 5.75 Å². The van der Waals surface area contributed by atoms with Crippen LogP contribution in [-0.2, 0) is 6.42 Å². The molecule has 1 aromatic rings. The van der Waals surface area contributed by atoms with Crippen LogP contribution in [0.3, 0.4) is 0 Å². The average molecular weight is 220 g/mol. The Morgan fingerprint density at radius 2 is 1.44 bits per heavy atom. The minimum atomic E-state index is 0.263. The van der Waals surface area contributed by atoms with Gasteiger partial charge in [-0.25, -0.2) is 0 Å². The molecule has 1 aromatic carbocycles. The van der Waals surface area contributed by atoms with Gasteiger partial charge in [-0.2, -0.15) is 0 Å². The van der Waals surface area contributed by atoms with Crippen molar-refractivity contribution in [3.63, 3.8) is 0 Å². The Labute approximate surface area is 99.5 Å². The van der Waals surface area contributed by atoms with Gasteiger partial charge in [-0.1, -0.05) is 53.2 Å². The van der Waals surface area contributed by atoms with E-state index in [1.165, 1.54) is 12.0 Å². The molecule has 1 nitrogen and oxygen atoms in total. The van der Waals surface area contributed by atoms with Crippen LogP contribution in [0.2, 0.25) is 0 Å². The Kier molecular flexibility index (Phi) is 3.67. The molecule has 0 bridgehead atoms. The number of phenolic OH excluding ortho intramolecular Hbond substituents is 1. The van der Waals surface area contributed by atoms with Crippen LogP contribution < -0.4 is 0 Å². The molecule has 0 saturated carbocycles. The van der Waals surface area contributed by atoms with E-state index in [0.29, 0.717) is 11.2 Å². The first-order valence-corrected chi connectivity index (χ1v) is 6.06. The summed E-state index contributed by atoms with van der Waals surface area (Å²) in [5.74, 6) is 0.344. The van der Waals surface area contributed by atoms with Crippen molar-refractivity contribution in [3.05, 3.63) is 29.8 Å². The Balaban J connectivity index is 2.84. The van der Waals surface area contributed by atoms with E-state index in [0.717, 1.165) is 6.42 Å². The fourth-order valence-corrected chi connectivity index (χ4v) is 1.84. The van der Waals surface area contributed by atoms with E-state index in [1.807, 2.05) is 12.1 Å². The van der Waals surface area contributed by atoms with Gasteiger partial charge in [0.1, 0.15) is 5.75 Å². The second kappa shape index (κ2) is 4.48. The molecular formula is C15H24O. The van der Waals surface area contributed by atoms with Gasteiger partial charge in [-0.05, 0) is 34.9 Å². The molecule has 0 radical (unpaired) electrons. The number of phenols is 1. The van der Waals surface area contributed by atoms with Crippen LogP contribution in [0.4, 0.5) is 0 Å². The molecule has 0 aliphatic heterocycles. The van der Waals surface area contributed by atoms with Crippen LogP contribution in [0.1, 0.15) is 46.6 Å². The van der Waals surface area contributed by atoms with Crippen molar-refractivity contribution in [2.24, 2.45) is 10.8 Å². The molecule has 0 atom stereocenters. The first-order chi connectivity index (χ1) is 7.28. The fraction of sp³-hybridized carbons (Fsp3) is 0.600. The van der Waals surface area contributed by atoms with Crippen LogP contribution >= 0.6 is 0 Å². The van der Waals surface area contributed by atoms with E-state index >= 15 is 0 Å². The molecule has 0 amide bonds. The highest BCUT2D eigenvalue weighted by Gasteiger charge is 2.35. The van der Waals surface area contributed by atoms with Crippen molar-refractivity contribution in [1.82, 2.24) is 0 Å². The second-order valence-electron chi connectivity index (χ2n) is 5.96. The number of rotatable bonds is 4. The summed E-state index contributed by atoms with van der Waals surface area (Å²) >= 11 is 0. The van der Waals surface area contributed by atoms with Gasteiger partial charge in [-0.15, -0.1) is 0 Å². The molecule has 0 heterocycles. The highest BCUT2D eigenvalue weighted by atomic mass is 16.3. The van der Waals surface area contributed by atoms with Gasteiger partial charge in [0.25, 0.3) is 0 Å². The second-order valence-corrected chi connectivity index (χ2v) is 5.96. The lowest BCUT2D eigenvalue weighted by Gasteiger charge is -2.41. The maximum absolute atomic E-state index is 9.26. The summed E-state index contributed by atoms with van der Waals surface area (Å²) in [5, 5.41) is 9.26. The normalized spacial score (nSPS) is 12.8. The van der Waals surface area contributed by atoms with E-state index in [1.54, 1.807) is 12.1 Å². The van der Waals surface area contributed by atoms with Gasteiger partial charge in [0.05, 0.1) is 0 Å². The zero-order valence-electron chi connectivity index (χ0n) is 11.2. The highest BCUT2D eigenvalue weighted by molar-refractivity contribution is 5.26. The number of hydrogen-bond acceptors (Lipinski definition) is 1. The lowest BCUT2D eigenvalue weighted by atomic mass is 9.64. The summed E-state index contributed by atoms with van der Waals surface area (Å²) in [4.78, 5) is 0. The average Bonchev–Trinajstić information content (AvgIpc) is 2.21. The molecule has 0 fully saturated rings. The van der Waals surface area contributed by atoms with E-state index in [-0.39, 0.29) is 5.41 Å². The quantitative estimate of drug-likeness (QED) is 0.797. The first kappa shape index (κ1) is 13.1. The standard InChI is InChI=1S/C15H24O/c1-6-14(2,3)15(4,5)11-12-7-9-13(16)10-8-12/h7-10,16H,6,11H2,1-5H3. The third-order valence-corrected chi connectivity index (χ3v) is 4.30. The fourth-order valence-electron chi connectivity index (χ4n) is 1.84. The zero-order chi connectivity index (χ0) is 12.4. The zero-order valence-corrected chi connectivity index (χ0v) is 11.2. The summed E-state index contributed by atoms with van der Waals surface area (Å²) in [6, 6.07) is 7.57. The molecule has 1 heteroatoms. The Morgan fingerprint density at radius 3 is 1.88 bits per heavy atom. The van der Waals surface area contributed by atoms with Crippen molar-refractivity contribution in [3.8, 4) is 5.75 Å². The number of aromatic hydroxyl groups is 1. The van der Waals surface area contributed by atoms with Gasteiger partial charge < -0.3 is 5.11 Å². The monoisotopic (exact) mass is 220 g/mol. The highest BCUT2D eigenvalue weighted by Crippen LogP contribution is 2.43. The summed E-state index contributed by atoms with van der Waals surface area (Å²) in [6.45, 7) is 11.5. The van der Waals surface area contributed by atoms with Crippen molar-refractivity contribution < 1.29 is 5.11 Å². The van der Waals surface area contributed by atoms with Crippen molar-refractivity contribution in [2.75, 3.05) is 0 Å². The smallest absolute Gasteiger partial charge is 0.115 e. The van der Waals surface area contributed by atoms with Crippen LogP contribution in [0, 0.1) is 10.8 Å².